The van der Waals surface area contributed by atoms with E-state index >= 15 is 0 Å². The zero-order valence-corrected chi connectivity index (χ0v) is 20.4. The average molecular weight is 487 g/mol. The Morgan fingerprint density at radius 1 is 0.639 bits per heavy atom. The van der Waals surface area contributed by atoms with Gasteiger partial charge in [-0.05, 0) is 77.0 Å². The van der Waals surface area contributed by atoms with E-state index in [1.54, 1.807) is 0 Å². The molecule has 0 aromatic heterocycles. The molecular formula is C30H30O6. The summed E-state index contributed by atoms with van der Waals surface area (Å²) in [6, 6.07) is 24.5. The summed E-state index contributed by atoms with van der Waals surface area (Å²) in [5, 5.41) is 4.49. The Labute approximate surface area is 210 Å². The van der Waals surface area contributed by atoms with Gasteiger partial charge in [0.1, 0.15) is 48.4 Å². The van der Waals surface area contributed by atoms with E-state index in [2.05, 4.69) is 55.5 Å². The first-order valence-corrected chi connectivity index (χ1v) is 12.5. The summed E-state index contributed by atoms with van der Waals surface area (Å²) in [6.07, 6.45) is 1.32. The first-order chi connectivity index (χ1) is 17.7. The lowest BCUT2D eigenvalue weighted by Gasteiger charge is -2.16. The van der Waals surface area contributed by atoms with Gasteiger partial charge < -0.3 is 28.4 Å². The van der Waals surface area contributed by atoms with Gasteiger partial charge in [0.2, 0.25) is 0 Å². The molecule has 2 aliphatic rings. The highest BCUT2D eigenvalue weighted by molar-refractivity contribution is 5.86. The van der Waals surface area contributed by atoms with Crippen LogP contribution in [0.4, 0.5) is 0 Å². The molecule has 3 atom stereocenters. The highest BCUT2D eigenvalue weighted by Crippen LogP contribution is 2.28. The van der Waals surface area contributed by atoms with Crippen LogP contribution in [-0.2, 0) is 9.47 Å². The lowest BCUT2D eigenvalue weighted by Crippen LogP contribution is -2.15. The Kier molecular flexibility index (Phi) is 6.53. The van der Waals surface area contributed by atoms with Crippen LogP contribution in [0.15, 0.2) is 72.8 Å². The fourth-order valence-electron chi connectivity index (χ4n) is 4.09. The lowest BCUT2D eigenvalue weighted by molar-refractivity contribution is 0.177. The standard InChI is InChI=1S/C30H30O6/c1-20(36-28-9-5-23-14-27(8-4-24(23)15-28)33-17-30-19-35-30)10-11-31-25-6-2-22-13-26(7-3-21(22)12-25)32-16-29-18-34-29/h2-9,12-15,20,29-30H,10-11,16-19H2,1H3. The van der Waals surface area contributed by atoms with Crippen LogP contribution in [0.25, 0.3) is 21.5 Å². The summed E-state index contributed by atoms with van der Waals surface area (Å²) in [6.45, 7) is 5.46. The number of hydrogen-bond donors (Lipinski definition) is 0. The van der Waals surface area contributed by atoms with E-state index in [0.717, 1.165) is 64.2 Å². The molecule has 0 N–H and O–H groups in total. The molecule has 0 radical (unpaired) electrons. The maximum absolute atomic E-state index is 6.15. The van der Waals surface area contributed by atoms with E-state index in [9.17, 15) is 0 Å². The molecule has 6 nitrogen and oxygen atoms in total. The van der Waals surface area contributed by atoms with Crippen LogP contribution < -0.4 is 18.9 Å². The van der Waals surface area contributed by atoms with E-state index < -0.39 is 0 Å². The highest BCUT2D eigenvalue weighted by Gasteiger charge is 2.23. The smallest absolute Gasteiger partial charge is 0.120 e. The second kappa shape index (κ2) is 10.2. The molecule has 2 saturated heterocycles. The first-order valence-electron chi connectivity index (χ1n) is 12.5. The molecule has 4 aromatic rings. The van der Waals surface area contributed by atoms with E-state index in [-0.39, 0.29) is 18.3 Å². The zero-order valence-electron chi connectivity index (χ0n) is 20.4. The van der Waals surface area contributed by atoms with Crippen molar-refractivity contribution in [1.29, 1.82) is 0 Å². The number of fused-ring (bicyclic) bond motifs is 2. The van der Waals surface area contributed by atoms with Crippen molar-refractivity contribution >= 4 is 21.5 Å². The summed E-state index contributed by atoms with van der Waals surface area (Å²) in [5.41, 5.74) is 0. The molecule has 0 aliphatic carbocycles. The fraction of sp³-hybridized carbons (Fsp3) is 0.333. The summed E-state index contributed by atoms with van der Waals surface area (Å²) < 4.78 is 34.1. The lowest BCUT2D eigenvalue weighted by atomic mass is 10.1. The first kappa shape index (κ1) is 23.0. The highest BCUT2D eigenvalue weighted by atomic mass is 16.6. The van der Waals surface area contributed by atoms with E-state index in [0.29, 0.717) is 19.8 Å². The molecule has 3 unspecified atom stereocenters. The van der Waals surface area contributed by atoms with Gasteiger partial charge >= 0.3 is 0 Å². The van der Waals surface area contributed by atoms with Crippen molar-refractivity contribution in [1.82, 2.24) is 0 Å². The minimum atomic E-state index is 0.0270. The monoisotopic (exact) mass is 486 g/mol. The zero-order chi connectivity index (χ0) is 24.3. The van der Waals surface area contributed by atoms with Crippen LogP contribution in [0.2, 0.25) is 0 Å². The van der Waals surface area contributed by atoms with Gasteiger partial charge in [0.15, 0.2) is 0 Å². The minimum Gasteiger partial charge on any atom is -0.493 e. The van der Waals surface area contributed by atoms with Gasteiger partial charge in [-0.25, -0.2) is 0 Å². The van der Waals surface area contributed by atoms with Crippen molar-refractivity contribution in [3.05, 3.63) is 72.8 Å². The third kappa shape index (κ3) is 6.01. The van der Waals surface area contributed by atoms with Crippen LogP contribution >= 0.6 is 0 Å². The third-order valence-electron chi connectivity index (χ3n) is 6.37. The van der Waals surface area contributed by atoms with Crippen molar-refractivity contribution in [2.45, 2.75) is 31.7 Å². The normalized spacial score (nSPS) is 19.1. The summed E-state index contributed by atoms with van der Waals surface area (Å²) in [5.74, 6) is 3.44. The van der Waals surface area contributed by atoms with E-state index in [1.807, 2.05) is 24.3 Å². The molecule has 0 amide bonds. The van der Waals surface area contributed by atoms with Crippen molar-refractivity contribution in [3.8, 4) is 23.0 Å². The Bertz CT molecular complexity index is 1340. The van der Waals surface area contributed by atoms with E-state index in [4.69, 9.17) is 28.4 Å². The summed E-state index contributed by atoms with van der Waals surface area (Å²) in [4.78, 5) is 0. The van der Waals surface area contributed by atoms with Crippen LogP contribution in [0, 0.1) is 0 Å². The van der Waals surface area contributed by atoms with Gasteiger partial charge in [-0.15, -0.1) is 0 Å². The molecule has 0 saturated carbocycles. The fourth-order valence-corrected chi connectivity index (χ4v) is 4.09. The molecule has 2 fully saturated rings. The SMILES string of the molecule is CC(CCOc1ccc2cc(OCC3CO3)ccc2c1)Oc1ccc2cc(OCC3CO3)ccc2c1. The number of hydrogen-bond acceptors (Lipinski definition) is 6. The Morgan fingerprint density at radius 3 is 1.53 bits per heavy atom. The molecule has 0 bridgehead atoms. The number of ether oxygens (including phenoxy) is 6. The Balaban J connectivity index is 0.991. The topological polar surface area (TPSA) is 62.0 Å². The molecule has 186 valence electrons. The maximum Gasteiger partial charge on any atom is 0.120 e. The summed E-state index contributed by atoms with van der Waals surface area (Å²) in [7, 11) is 0. The third-order valence-corrected chi connectivity index (χ3v) is 6.37. The quantitative estimate of drug-likeness (QED) is 0.237. The molecule has 2 heterocycles. The second-order valence-electron chi connectivity index (χ2n) is 9.44. The Morgan fingerprint density at radius 2 is 1.06 bits per heavy atom. The van der Waals surface area contributed by atoms with Gasteiger partial charge in [-0.3, -0.25) is 0 Å². The van der Waals surface area contributed by atoms with Crippen molar-refractivity contribution in [2.75, 3.05) is 33.0 Å². The minimum absolute atomic E-state index is 0.0270. The van der Waals surface area contributed by atoms with Gasteiger partial charge in [0.25, 0.3) is 0 Å². The molecule has 4 aromatic carbocycles. The van der Waals surface area contributed by atoms with Crippen molar-refractivity contribution in [3.63, 3.8) is 0 Å². The predicted octanol–water partition coefficient (Wildman–Crippen LogP) is 5.78. The van der Waals surface area contributed by atoms with Gasteiger partial charge in [-0.2, -0.15) is 0 Å². The predicted molar refractivity (Wildman–Crippen MR) is 139 cm³/mol. The molecule has 2 aliphatic heterocycles. The van der Waals surface area contributed by atoms with Crippen molar-refractivity contribution in [2.24, 2.45) is 0 Å². The average Bonchev–Trinajstić information content (AvgIpc) is 3.81. The molecule has 6 rings (SSSR count). The van der Waals surface area contributed by atoms with Crippen LogP contribution in [0.5, 0.6) is 23.0 Å². The van der Waals surface area contributed by atoms with Gasteiger partial charge in [0, 0.05) is 6.42 Å². The van der Waals surface area contributed by atoms with Crippen LogP contribution in [0.3, 0.4) is 0 Å². The number of benzene rings is 4. The molecule has 0 spiro atoms. The number of rotatable bonds is 12. The van der Waals surface area contributed by atoms with Gasteiger partial charge in [-0.1, -0.05) is 24.3 Å². The number of epoxide rings is 2. The second-order valence-corrected chi connectivity index (χ2v) is 9.44. The molecule has 36 heavy (non-hydrogen) atoms. The van der Waals surface area contributed by atoms with Gasteiger partial charge in [0.05, 0.1) is 25.9 Å². The van der Waals surface area contributed by atoms with Crippen LogP contribution in [-0.4, -0.2) is 51.3 Å². The molecular weight excluding hydrogens is 456 g/mol. The van der Waals surface area contributed by atoms with Crippen LogP contribution in [0.1, 0.15) is 13.3 Å². The molecule has 6 heteroatoms. The maximum atomic E-state index is 6.15. The Hall–Kier alpha value is -3.48. The largest absolute Gasteiger partial charge is 0.493 e. The van der Waals surface area contributed by atoms with E-state index in [1.165, 1.54) is 0 Å². The summed E-state index contributed by atoms with van der Waals surface area (Å²) >= 11 is 0. The van der Waals surface area contributed by atoms with Crippen molar-refractivity contribution < 1.29 is 28.4 Å².